The number of carbonyl (C=O) groups is 2. The van der Waals surface area contributed by atoms with Gasteiger partial charge in [0.05, 0.1) is 6.61 Å². The van der Waals surface area contributed by atoms with Crippen LogP contribution in [0.1, 0.15) is 34.3 Å². The molecule has 2 aromatic carbocycles. The first-order chi connectivity index (χ1) is 13.5. The molecule has 148 valence electrons. The van der Waals surface area contributed by atoms with Gasteiger partial charge in [0.1, 0.15) is 5.75 Å². The number of para-hydroxylation sites is 1. The van der Waals surface area contributed by atoms with Gasteiger partial charge in [0.2, 0.25) is 5.91 Å². The first-order valence-corrected chi connectivity index (χ1v) is 9.87. The highest BCUT2D eigenvalue weighted by molar-refractivity contribution is 5.94. The maximum Gasteiger partial charge on any atom is 0.253 e. The fourth-order valence-corrected chi connectivity index (χ4v) is 3.40. The van der Waals surface area contributed by atoms with Crippen LogP contribution in [0.3, 0.4) is 0 Å². The molecule has 1 heterocycles. The van der Waals surface area contributed by atoms with E-state index >= 15 is 0 Å². The fraction of sp³-hybridized carbons (Fsp3) is 0.391. The van der Waals surface area contributed by atoms with Crippen LogP contribution in [0.4, 0.5) is 0 Å². The topological polar surface area (TPSA) is 49.9 Å². The zero-order valence-electron chi connectivity index (χ0n) is 16.7. The molecule has 1 saturated heterocycles. The van der Waals surface area contributed by atoms with Gasteiger partial charge in [-0.15, -0.1) is 0 Å². The minimum atomic E-state index is 0.0439. The number of carbonyl (C=O) groups excluding carboxylic acids is 2. The van der Waals surface area contributed by atoms with Gasteiger partial charge in [-0.25, -0.2) is 0 Å². The first kappa shape index (κ1) is 19.9. The highest BCUT2D eigenvalue weighted by Crippen LogP contribution is 2.17. The molecule has 0 aromatic heterocycles. The summed E-state index contributed by atoms with van der Waals surface area (Å²) in [6.45, 7) is 6.87. The molecular weight excluding hydrogens is 352 g/mol. The second-order valence-corrected chi connectivity index (χ2v) is 7.26. The number of rotatable bonds is 6. The van der Waals surface area contributed by atoms with Gasteiger partial charge >= 0.3 is 0 Å². The summed E-state index contributed by atoms with van der Waals surface area (Å²) in [6.07, 6.45) is 1.16. The Bertz CT molecular complexity index is 826. The molecule has 0 spiro atoms. The molecule has 0 atom stereocenters. The molecule has 5 nitrogen and oxygen atoms in total. The molecule has 0 radical (unpaired) electrons. The number of ether oxygens (including phenoxy) is 1. The molecule has 0 saturated carbocycles. The number of amides is 2. The SMILES string of the molecule is Cc1cccc(C(=O)N2CCN(C(=O)CCCOc3ccccc3C)CC2)c1. The van der Waals surface area contributed by atoms with Crippen molar-refractivity contribution in [3.63, 3.8) is 0 Å². The number of benzene rings is 2. The largest absolute Gasteiger partial charge is 0.493 e. The second-order valence-electron chi connectivity index (χ2n) is 7.26. The average Bonchev–Trinajstić information content (AvgIpc) is 2.72. The van der Waals surface area contributed by atoms with Crippen molar-refractivity contribution in [3.8, 4) is 5.75 Å². The predicted octanol–water partition coefficient (Wildman–Crippen LogP) is 3.45. The van der Waals surface area contributed by atoms with Crippen LogP contribution in [-0.2, 0) is 4.79 Å². The molecule has 28 heavy (non-hydrogen) atoms. The van der Waals surface area contributed by atoms with E-state index in [2.05, 4.69) is 0 Å². The molecule has 1 aliphatic rings. The molecule has 5 heteroatoms. The third-order valence-electron chi connectivity index (χ3n) is 5.07. The monoisotopic (exact) mass is 380 g/mol. The minimum absolute atomic E-state index is 0.0439. The summed E-state index contributed by atoms with van der Waals surface area (Å²) in [4.78, 5) is 28.7. The van der Waals surface area contributed by atoms with E-state index in [1.807, 2.05) is 72.2 Å². The van der Waals surface area contributed by atoms with Gasteiger partial charge in [-0.2, -0.15) is 0 Å². The summed E-state index contributed by atoms with van der Waals surface area (Å²) in [5, 5.41) is 0. The normalized spacial score (nSPS) is 14.1. The number of nitrogens with zero attached hydrogens (tertiary/aromatic N) is 2. The third kappa shape index (κ3) is 5.12. The van der Waals surface area contributed by atoms with E-state index in [4.69, 9.17) is 4.74 Å². The Balaban J connectivity index is 1.40. The van der Waals surface area contributed by atoms with E-state index in [1.54, 1.807) is 0 Å². The molecule has 0 aliphatic carbocycles. The van der Waals surface area contributed by atoms with Gasteiger partial charge in [0.25, 0.3) is 5.91 Å². The maximum absolute atomic E-state index is 12.6. The van der Waals surface area contributed by atoms with Crippen LogP contribution in [0.25, 0.3) is 0 Å². The zero-order chi connectivity index (χ0) is 19.9. The van der Waals surface area contributed by atoms with Crippen LogP contribution in [0, 0.1) is 13.8 Å². The van der Waals surface area contributed by atoms with Crippen molar-refractivity contribution in [1.82, 2.24) is 9.80 Å². The van der Waals surface area contributed by atoms with Crippen molar-refractivity contribution >= 4 is 11.8 Å². The van der Waals surface area contributed by atoms with Gasteiger partial charge in [-0.05, 0) is 44.0 Å². The van der Waals surface area contributed by atoms with Crippen LogP contribution >= 0.6 is 0 Å². The quantitative estimate of drug-likeness (QED) is 0.722. The van der Waals surface area contributed by atoms with Gasteiger partial charge in [-0.1, -0.05) is 35.9 Å². The summed E-state index contributed by atoms with van der Waals surface area (Å²) in [6, 6.07) is 15.5. The number of aryl methyl sites for hydroxylation is 2. The Morgan fingerprint density at radius 2 is 1.64 bits per heavy atom. The lowest BCUT2D eigenvalue weighted by Gasteiger charge is -2.35. The van der Waals surface area contributed by atoms with Crippen molar-refractivity contribution in [2.45, 2.75) is 26.7 Å². The lowest BCUT2D eigenvalue weighted by Crippen LogP contribution is -2.50. The van der Waals surface area contributed by atoms with Gasteiger partial charge in [-0.3, -0.25) is 9.59 Å². The Labute approximate surface area is 166 Å². The van der Waals surface area contributed by atoms with Crippen LogP contribution in [0.15, 0.2) is 48.5 Å². The summed E-state index contributed by atoms with van der Waals surface area (Å²) < 4.78 is 5.76. The number of hydrogen-bond donors (Lipinski definition) is 0. The van der Waals surface area contributed by atoms with E-state index in [-0.39, 0.29) is 11.8 Å². The van der Waals surface area contributed by atoms with Crippen LogP contribution < -0.4 is 4.74 Å². The number of hydrogen-bond acceptors (Lipinski definition) is 3. The molecule has 1 aliphatic heterocycles. The smallest absolute Gasteiger partial charge is 0.253 e. The average molecular weight is 380 g/mol. The summed E-state index contributed by atoms with van der Waals surface area (Å²) >= 11 is 0. The standard InChI is InChI=1S/C23H28N2O3/c1-18-7-5-9-20(17-18)23(27)25-14-12-24(13-15-25)22(26)11-6-16-28-21-10-4-3-8-19(21)2/h3-5,7-10,17H,6,11-16H2,1-2H3. The molecule has 2 aromatic rings. The van der Waals surface area contributed by atoms with Crippen molar-refractivity contribution in [2.75, 3.05) is 32.8 Å². The summed E-state index contributed by atoms with van der Waals surface area (Å²) in [7, 11) is 0. The summed E-state index contributed by atoms with van der Waals surface area (Å²) in [5.74, 6) is 1.05. The highest BCUT2D eigenvalue weighted by atomic mass is 16.5. The lowest BCUT2D eigenvalue weighted by atomic mass is 10.1. The lowest BCUT2D eigenvalue weighted by molar-refractivity contribution is -0.132. The van der Waals surface area contributed by atoms with E-state index in [1.165, 1.54) is 0 Å². The fourth-order valence-electron chi connectivity index (χ4n) is 3.40. The van der Waals surface area contributed by atoms with Crippen LogP contribution in [-0.4, -0.2) is 54.4 Å². The van der Waals surface area contributed by atoms with E-state index in [9.17, 15) is 9.59 Å². The molecule has 2 amide bonds. The maximum atomic E-state index is 12.6. The predicted molar refractivity (Wildman–Crippen MR) is 110 cm³/mol. The summed E-state index contributed by atoms with van der Waals surface area (Å²) in [5.41, 5.74) is 2.89. The van der Waals surface area contributed by atoms with Crippen molar-refractivity contribution in [2.24, 2.45) is 0 Å². The minimum Gasteiger partial charge on any atom is -0.493 e. The van der Waals surface area contributed by atoms with Crippen LogP contribution in [0.5, 0.6) is 5.75 Å². The molecule has 0 unspecified atom stereocenters. The first-order valence-electron chi connectivity index (χ1n) is 9.87. The molecular formula is C23H28N2O3. The Morgan fingerprint density at radius 1 is 0.929 bits per heavy atom. The second kappa shape index (κ2) is 9.40. The van der Waals surface area contributed by atoms with Crippen LogP contribution in [0.2, 0.25) is 0 Å². The van der Waals surface area contributed by atoms with Gasteiger partial charge < -0.3 is 14.5 Å². The van der Waals surface area contributed by atoms with E-state index < -0.39 is 0 Å². The molecule has 3 rings (SSSR count). The van der Waals surface area contributed by atoms with Gasteiger partial charge in [0, 0.05) is 38.2 Å². The van der Waals surface area contributed by atoms with Gasteiger partial charge in [0.15, 0.2) is 0 Å². The van der Waals surface area contributed by atoms with Crippen molar-refractivity contribution in [1.29, 1.82) is 0 Å². The Morgan fingerprint density at radius 3 is 2.36 bits per heavy atom. The van der Waals surface area contributed by atoms with Crippen molar-refractivity contribution < 1.29 is 14.3 Å². The Hall–Kier alpha value is -2.82. The highest BCUT2D eigenvalue weighted by Gasteiger charge is 2.24. The van der Waals surface area contributed by atoms with E-state index in [0.29, 0.717) is 51.2 Å². The molecule has 1 fully saturated rings. The zero-order valence-corrected chi connectivity index (χ0v) is 16.7. The van der Waals surface area contributed by atoms with E-state index in [0.717, 1.165) is 16.9 Å². The van der Waals surface area contributed by atoms with Crippen molar-refractivity contribution in [3.05, 3.63) is 65.2 Å². The molecule has 0 N–H and O–H groups in total. The Kier molecular flexibility index (Phi) is 6.69. The molecule has 0 bridgehead atoms. The third-order valence-corrected chi connectivity index (χ3v) is 5.07. The number of piperazine rings is 1.